The molecule has 47 heavy (non-hydrogen) atoms. The van der Waals surface area contributed by atoms with Crippen LogP contribution in [-0.2, 0) is 41.6 Å². The van der Waals surface area contributed by atoms with E-state index >= 15 is 0 Å². The number of aryl methyl sites for hydroxylation is 1. The number of carbonyl (C=O) groups is 3. The van der Waals surface area contributed by atoms with Crippen LogP contribution < -0.4 is 5.32 Å². The number of hydrogen-bond acceptors (Lipinski definition) is 6. The SMILES string of the molecule is COC(=O)[C@]12C[C@H](CC(=O)NCCCCc3ccccc3)C(=O)N(CCC3=CCCCC3)C1=C[C@H](COCc1ccccc1)O[C@@H]2C. The Bertz CT molecular complexity index is 1410. The van der Waals surface area contributed by atoms with Gasteiger partial charge in [-0.05, 0) is 81.9 Å². The first-order valence-electron chi connectivity index (χ1n) is 17.3. The van der Waals surface area contributed by atoms with E-state index in [-0.39, 0.29) is 31.3 Å². The molecular weight excluding hydrogens is 592 g/mol. The number of carbonyl (C=O) groups excluding carboxylic acids is 3. The summed E-state index contributed by atoms with van der Waals surface area (Å²) in [4.78, 5) is 43.0. The van der Waals surface area contributed by atoms with Crippen molar-refractivity contribution in [3.8, 4) is 0 Å². The van der Waals surface area contributed by atoms with E-state index < -0.39 is 29.5 Å². The van der Waals surface area contributed by atoms with Crippen LogP contribution in [0.3, 0.4) is 0 Å². The second-order valence-corrected chi connectivity index (χ2v) is 13.1. The zero-order chi connectivity index (χ0) is 33.1. The van der Waals surface area contributed by atoms with Gasteiger partial charge in [-0.25, -0.2) is 0 Å². The Labute approximate surface area is 279 Å². The van der Waals surface area contributed by atoms with Crippen molar-refractivity contribution < 1.29 is 28.6 Å². The monoisotopic (exact) mass is 642 g/mol. The molecule has 8 heteroatoms. The molecule has 4 atom stereocenters. The maximum absolute atomic E-state index is 14.2. The van der Waals surface area contributed by atoms with E-state index in [1.807, 2.05) is 61.5 Å². The number of ether oxygens (including phenoxy) is 3. The van der Waals surface area contributed by atoms with Crippen molar-refractivity contribution in [3.63, 3.8) is 0 Å². The number of piperidine rings is 1. The first-order chi connectivity index (χ1) is 22.9. The number of nitrogens with zero attached hydrogens (tertiary/aromatic N) is 1. The number of esters is 1. The summed E-state index contributed by atoms with van der Waals surface area (Å²) in [6.07, 6.45) is 11.2. The molecule has 3 aliphatic rings. The highest BCUT2D eigenvalue weighted by molar-refractivity contribution is 5.92. The van der Waals surface area contributed by atoms with E-state index in [9.17, 15) is 14.4 Å². The van der Waals surface area contributed by atoms with Crippen molar-refractivity contribution >= 4 is 17.8 Å². The Morgan fingerprint density at radius 3 is 2.45 bits per heavy atom. The Kier molecular flexibility index (Phi) is 12.4. The minimum Gasteiger partial charge on any atom is -0.468 e. The molecule has 0 saturated carbocycles. The fraction of sp³-hybridized carbons (Fsp3) is 0.513. The quantitative estimate of drug-likeness (QED) is 0.139. The highest BCUT2D eigenvalue weighted by Crippen LogP contribution is 2.50. The van der Waals surface area contributed by atoms with Crippen molar-refractivity contribution in [2.75, 3.05) is 26.8 Å². The maximum Gasteiger partial charge on any atom is 0.320 e. The Hall–Kier alpha value is -3.75. The molecule has 2 heterocycles. The Morgan fingerprint density at radius 2 is 1.74 bits per heavy atom. The molecule has 2 aromatic carbocycles. The average molecular weight is 643 g/mol. The van der Waals surface area contributed by atoms with Crippen LogP contribution in [0.15, 0.2) is 84.1 Å². The number of likely N-dealkylation sites (tertiary alicyclic amines) is 1. The molecular formula is C39H50N2O6. The van der Waals surface area contributed by atoms with Gasteiger partial charge in [0.1, 0.15) is 11.5 Å². The van der Waals surface area contributed by atoms with Crippen LogP contribution in [0.1, 0.15) is 75.8 Å². The largest absolute Gasteiger partial charge is 0.468 e. The van der Waals surface area contributed by atoms with Gasteiger partial charge in [0.25, 0.3) is 0 Å². The summed E-state index contributed by atoms with van der Waals surface area (Å²) >= 11 is 0. The fourth-order valence-electron chi connectivity index (χ4n) is 7.26. The smallest absolute Gasteiger partial charge is 0.320 e. The van der Waals surface area contributed by atoms with Crippen LogP contribution in [0.25, 0.3) is 0 Å². The first-order valence-corrected chi connectivity index (χ1v) is 17.3. The number of hydrogen-bond donors (Lipinski definition) is 1. The lowest BCUT2D eigenvalue weighted by atomic mass is 9.66. The van der Waals surface area contributed by atoms with Crippen LogP contribution in [0.2, 0.25) is 0 Å². The standard InChI is InChI=1S/C39H50N2O6/c1-29-39(38(44)45-2)26-33(24-36(42)40-22-13-12-18-30-14-6-3-7-15-30)37(43)41(23-21-31-16-8-4-9-17-31)35(39)25-34(47-29)28-46-27-32-19-10-5-11-20-32/h3,5-7,10-11,14-16,19-20,25,29,33-34H,4,8-9,12-13,17-18,21-24,26-28H2,1-2H3,(H,40,42)/t29-,33+,34-,39+/m1/s1. The molecule has 0 unspecified atom stereocenters. The molecule has 1 N–H and O–H groups in total. The molecule has 1 saturated heterocycles. The highest BCUT2D eigenvalue weighted by Gasteiger charge is 2.59. The average Bonchev–Trinajstić information content (AvgIpc) is 3.09. The number of benzene rings is 2. The van der Waals surface area contributed by atoms with Crippen molar-refractivity contribution in [2.45, 2.75) is 89.9 Å². The highest BCUT2D eigenvalue weighted by atomic mass is 16.5. The fourth-order valence-corrected chi connectivity index (χ4v) is 7.26. The molecule has 1 aliphatic carbocycles. The van der Waals surface area contributed by atoms with Crippen molar-refractivity contribution in [2.24, 2.45) is 11.3 Å². The molecule has 2 amide bonds. The first kappa shape index (κ1) is 34.6. The van der Waals surface area contributed by atoms with Crippen LogP contribution in [0.5, 0.6) is 0 Å². The molecule has 0 radical (unpaired) electrons. The lowest BCUT2D eigenvalue weighted by molar-refractivity contribution is -0.178. The van der Waals surface area contributed by atoms with E-state index in [1.54, 1.807) is 4.90 Å². The van der Waals surface area contributed by atoms with Crippen molar-refractivity contribution in [3.05, 3.63) is 95.2 Å². The summed E-state index contributed by atoms with van der Waals surface area (Å²) in [6, 6.07) is 20.2. The minimum atomic E-state index is -1.21. The minimum absolute atomic E-state index is 0.0130. The molecule has 0 aromatic heterocycles. The Balaban J connectivity index is 1.31. The number of methoxy groups -OCH3 is 1. The van der Waals surface area contributed by atoms with Crippen molar-refractivity contribution in [1.82, 2.24) is 10.2 Å². The molecule has 1 fully saturated rings. The van der Waals surface area contributed by atoms with Crippen LogP contribution >= 0.6 is 0 Å². The molecule has 8 nitrogen and oxygen atoms in total. The number of amides is 2. The predicted molar refractivity (Wildman–Crippen MR) is 181 cm³/mol. The number of nitrogens with one attached hydrogen (secondary N) is 1. The summed E-state index contributed by atoms with van der Waals surface area (Å²) in [5.74, 6) is -1.42. The van der Waals surface area contributed by atoms with E-state index in [4.69, 9.17) is 14.2 Å². The topological polar surface area (TPSA) is 94.2 Å². The predicted octanol–water partition coefficient (Wildman–Crippen LogP) is 6.30. The number of allylic oxidation sites excluding steroid dienone is 1. The molecule has 2 aliphatic heterocycles. The van der Waals surface area contributed by atoms with Gasteiger partial charge in [-0.3, -0.25) is 14.4 Å². The van der Waals surface area contributed by atoms with E-state index in [2.05, 4.69) is 23.5 Å². The van der Waals surface area contributed by atoms with Crippen LogP contribution in [-0.4, -0.2) is 61.7 Å². The number of fused-ring (bicyclic) bond motifs is 1. The van der Waals surface area contributed by atoms with E-state index in [1.165, 1.54) is 24.7 Å². The lowest BCUT2D eigenvalue weighted by Gasteiger charge is -2.51. The van der Waals surface area contributed by atoms with Gasteiger partial charge in [0.05, 0.1) is 26.4 Å². The third kappa shape index (κ3) is 8.79. The summed E-state index contributed by atoms with van der Waals surface area (Å²) in [5.41, 5.74) is 3.09. The maximum atomic E-state index is 14.2. The van der Waals surface area contributed by atoms with Gasteiger partial charge < -0.3 is 24.4 Å². The molecule has 252 valence electrons. The zero-order valence-electron chi connectivity index (χ0n) is 28.0. The zero-order valence-corrected chi connectivity index (χ0v) is 28.0. The number of unbranched alkanes of at least 4 members (excludes halogenated alkanes) is 1. The molecule has 0 spiro atoms. The van der Waals surface area contributed by atoms with Crippen LogP contribution in [0, 0.1) is 11.3 Å². The summed E-state index contributed by atoms with van der Waals surface area (Å²) in [6.45, 7) is 3.57. The third-order valence-corrected chi connectivity index (χ3v) is 9.82. The summed E-state index contributed by atoms with van der Waals surface area (Å²) in [5, 5.41) is 3.02. The molecule has 0 bridgehead atoms. The van der Waals surface area contributed by atoms with Gasteiger partial charge in [0, 0.05) is 31.1 Å². The van der Waals surface area contributed by atoms with Crippen molar-refractivity contribution in [1.29, 1.82) is 0 Å². The molecule has 5 rings (SSSR count). The second-order valence-electron chi connectivity index (χ2n) is 13.1. The van der Waals surface area contributed by atoms with E-state index in [0.717, 1.165) is 50.5 Å². The van der Waals surface area contributed by atoms with Gasteiger partial charge in [-0.2, -0.15) is 0 Å². The third-order valence-electron chi connectivity index (χ3n) is 9.82. The van der Waals surface area contributed by atoms with Gasteiger partial charge in [0.2, 0.25) is 11.8 Å². The van der Waals surface area contributed by atoms with Gasteiger partial charge in [0.15, 0.2) is 0 Å². The second kappa shape index (κ2) is 16.9. The molecule has 2 aromatic rings. The van der Waals surface area contributed by atoms with Gasteiger partial charge in [-0.1, -0.05) is 72.3 Å². The normalized spacial score (nSPS) is 24.2. The Morgan fingerprint density at radius 1 is 1.00 bits per heavy atom. The van der Waals surface area contributed by atoms with Crippen LogP contribution in [0.4, 0.5) is 0 Å². The summed E-state index contributed by atoms with van der Waals surface area (Å²) in [7, 11) is 1.38. The van der Waals surface area contributed by atoms with Gasteiger partial charge >= 0.3 is 5.97 Å². The summed E-state index contributed by atoms with van der Waals surface area (Å²) < 4.78 is 17.9. The lowest BCUT2D eigenvalue weighted by Crippen LogP contribution is -2.60. The number of rotatable bonds is 15. The van der Waals surface area contributed by atoms with E-state index in [0.29, 0.717) is 25.4 Å². The van der Waals surface area contributed by atoms with Gasteiger partial charge in [-0.15, -0.1) is 0 Å².